The van der Waals surface area contributed by atoms with Crippen LogP contribution in [0.1, 0.15) is 19.4 Å². The third-order valence-corrected chi connectivity index (χ3v) is 3.67. The lowest BCUT2D eigenvalue weighted by atomic mass is 9.83. The molecule has 22 heavy (non-hydrogen) atoms. The van der Waals surface area contributed by atoms with Crippen molar-refractivity contribution >= 4 is 23.2 Å². The van der Waals surface area contributed by atoms with Crippen molar-refractivity contribution in [2.75, 3.05) is 5.32 Å². The van der Waals surface area contributed by atoms with Crippen LogP contribution in [0, 0.1) is 17.5 Å². The molecule has 0 fully saturated rings. The van der Waals surface area contributed by atoms with Crippen LogP contribution in [0.5, 0.6) is 0 Å². The van der Waals surface area contributed by atoms with E-state index in [1.807, 2.05) is 0 Å². The van der Waals surface area contributed by atoms with E-state index in [9.17, 15) is 18.0 Å². The largest absolute Gasteiger partial charge is 0.323 e. The van der Waals surface area contributed by atoms with Gasteiger partial charge in [-0.1, -0.05) is 23.7 Å². The lowest BCUT2D eigenvalue weighted by Crippen LogP contribution is -2.35. The third kappa shape index (κ3) is 3.09. The molecule has 6 heteroatoms. The van der Waals surface area contributed by atoms with Crippen molar-refractivity contribution in [2.24, 2.45) is 0 Å². The molecular weight excluding hydrogens is 315 g/mol. The van der Waals surface area contributed by atoms with E-state index in [1.54, 1.807) is 38.1 Å². The highest BCUT2D eigenvalue weighted by atomic mass is 35.5. The van der Waals surface area contributed by atoms with Gasteiger partial charge in [0.1, 0.15) is 0 Å². The average Bonchev–Trinajstić information content (AvgIpc) is 2.48. The molecule has 0 bridgehead atoms. The number of carbonyl (C=O) groups excluding carboxylic acids is 1. The monoisotopic (exact) mass is 327 g/mol. The Bertz CT molecular complexity index is 714. The molecule has 1 N–H and O–H groups in total. The number of anilines is 1. The van der Waals surface area contributed by atoms with Crippen molar-refractivity contribution in [2.45, 2.75) is 19.3 Å². The Hall–Kier alpha value is -2.01. The minimum Gasteiger partial charge on any atom is -0.323 e. The molecule has 0 heterocycles. The van der Waals surface area contributed by atoms with Gasteiger partial charge in [0.05, 0.1) is 11.1 Å². The summed E-state index contributed by atoms with van der Waals surface area (Å²) in [6.45, 7) is 3.26. The molecule has 0 saturated carbocycles. The van der Waals surface area contributed by atoms with Gasteiger partial charge in [0, 0.05) is 5.02 Å². The van der Waals surface area contributed by atoms with Crippen LogP contribution in [0.15, 0.2) is 36.4 Å². The van der Waals surface area contributed by atoms with Crippen molar-refractivity contribution in [3.63, 3.8) is 0 Å². The van der Waals surface area contributed by atoms with Crippen molar-refractivity contribution in [3.05, 3.63) is 64.4 Å². The van der Waals surface area contributed by atoms with Crippen molar-refractivity contribution in [1.82, 2.24) is 0 Å². The summed E-state index contributed by atoms with van der Waals surface area (Å²) in [5.74, 6) is -4.92. The fourth-order valence-corrected chi connectivity index (χ4v) is 2.02. The number of amides is 1. The zero-order valence-corrected chi connectivity index (χ0v) is 12.6. The molecule has 2 rings (SSSR count). The molecule has 2 aromatic rings. The van der Waals surface area contributed by atoms with Crippen molar-refractivity contribution in [1.29, 1.82) is 0 Å². The molecule has 0 spiro atoms. The molecule has 0 aliphatic carbocycles. The molecule has 0 aromatic heterocycles. The van der Waals surface area contributed by atoms with Crippen LogP contribution in [0.2, 0.25) is 5.02 Å². The third-order valence-electron chi connectivity index (χ3n) is 3.42. The summed E-state index contributed by atoms with van der Waals surface area (Å²) < 4.78 is 39.7. The number of hydrogen-bond acceptors (Lipinski definition) is 1. The van der Waals surface area contributed by atoms with Gasteiger partial charge < -0.3 is 5.32 Å². The quantitative estimate of drug-likeness (QED) is 0.815. The van der Waals surface area contributed by atoms with Gasteiger partial charge in [0.25, 0.3) is 0 Å². The van der Waals surface area contributed by atoms with Crippen LogP contribution in [0.25, 0.3) is 0 Å². The van der Waals surface area contributed by atoms with Crippen LogP contribution >= 0.6 is 11.6 Å². The Morgan fingerprint density at radius 1 is 1.00 bits per heavy atom. The van der Waals surface area contributed by atoms with E-state index in [1.165, 1.54) is 0 Å². The van der Waals surface area contributed by atoms with E-state index in [4.69, 9.17) is 11.6 Å². The Morgan fingerprint density at radius 3 is 2.18 bits per heavy atom. The summed E-state index contributed by atoms with van der Waals surface area (Å²) in [5.41, 5.74) is -0.773. The molecule has 2 aromatic carbocycles. The van der Waals surface area contributed by atoms with Crippen LogP contribution in [-0.4, -0.2) is 5.91 Å². The second-order valence-corrected chi connectivity index (χ2v) is 5.75. The first-order valence-corrected chi connectivity index (χ1v) is 6.82. The second kappa shape index (κ2) is 6.01. The molecule has 1 amide bonds. The predicted molar refractivity (Wildman–Crippen MR) is 79.4 cm³/mol. The summed E-state index contributed by atoms with van der Waals surface area (Å²) in [5, 5.41) is 2.80. The predicted octanol–water partition coefficient (Wildman–Crippen LogP) is 4.67. The molecule has 0 atom stereocenters. The molecular formula is C16H13ClF3NO. The number of hydrogen-bond donors (Lipinski definition) is 1. The van der Waals surface area contributed by atoms with Gasteiger partial charge in [-0.3, -0.25) is 4.79 Å². The van der Waals surface area contributed by atoms with Crippen LogP contribution in [0.3, 0.4) is 0 Å². The lowest BCUT2D eigenvalue weighted by Gasteiger charge is -2.24. The fraction of sp³-hybridized carbons (Fsp3) is 0.188. The van der Waals surface area contributed by atoms with Gasteiger partial charge in [-0.05, 0) is 43.7 Å². The lowest BCUT2D eigenvalue weighted by molar-refractivity contribution is -0.120. The minimum atomic E-state index is -1.62. The molecule has 0 unspecified atom stereocenters. The number of nitrogens with one attached hydrogen (secondary N) is 1. The summed E-state index contributed by atoms with van der Waals surface area (Å²) in [6, 6.07) is 8.33. The number of halogens is 4. The second-order valence-electron chi connectivity index (χ2n) is 5.31. The van der Waals surface area contributed by atoms with Gasteiger partial charge in [0.15, 0.2) is 17.5 Å². The normalized spacial score (nSPS) is 11.4. The number of benzene rings is 2. The van der Waals surface area contributed by atoms with E-state index in [0.717, 1.165) is 12.1 Å². The maximum atomic E-state index is 13.6. The van der Waals surface area contributed by atoms with Crippen LogP contribution in [0.4, 0.5) is 18.9 Å². The first kappa shape index (κ1) is 16.4. The zero-order chi connectivity index (χ0) is 16.5. The Morgan fingerprint density at radius 2 is 1.59 bits per heavy atom. The van der Waals surface area contributed by atoms with Crippen molar-refractivity contribution < 1.29 is 18.0 Å². The van der Waals surface area contributed by atoms with E-state index in [2.05, 4.69) is 5.32 Å². The fourth-order valence-electron chi connectivity index (χ4n) is 1.90. The van der Waals surface area contributed by atoms with E-state index < -0.39 is 34.5 Å². The Labute approximate surface area is 130 Å². The Kier molecular flexibility index (Phi) is 4.47. The molecule has 2 nitrogen and oxygen atoms in total. The summed E-state index contributed by atoms with van der Waals surface area (Å²) in [7, 11) is 0. The summed E-state index contributed by atoms with van der Waals surface area (Å²) >= 11 is 5.80. The van der Waals surface area contributed by atoms with E-state index >= 15 is 0 Å². The topological polar surface area (TPSA) is 29.1 Å². The highest BCUT2D eigenvalue weighted by Crippen LogP contribution is 2.28. The Balaban J connectivity index is 2.28. The van der Waals surface area contributed by atoms with Crippen LogP contribution < -0.4 is 5.32 Å². The molecule has 0 saturated heterocycles. The van der Waals surface area contributed by atoms with Gasteiger partial charge in [-0.15, -0.1) is 0 Å². The SMILES string of the molecule is CC(C)(C(=O)Nc1ccc(F)c(F)c1F)c1ccc(Cl)cc1. The average molecular weight is 328 g/mol. The minimum absolute atomic E-state index is 0.411. The maximum Gasteiger partial charge on any atom is 0.234 e. The van der Waals surface area contributed by atoms with Gasteiger partial charge in [-0.25, -0.2) is 13.2 Å². The van der Waals surface area contributed by atoms with Crippen LogP contribution in [-0.2, 0) is 10.2 Å². The molecule has 116 valence electrons. The van der Waals surface area contributed by atoms with Gasteiger partial charge in [0.2, 0.25) is 5.91 Å². The first-order chi connectivity index (χ1) is 10.2. The first-order valence-electron chi connectivity index (χ1n) is 6.44. The van der Waals surface area contributed by atoms with E-state index in [0.29, 0.717) is 10.6 Å². The summed E-state index contributed by atoms with van der Waals surface area (Å²) in [4.78, 5) is 12.3. The summed E-state index contributed by atoms with van der Waals surface area (Å²) in [6.07, 6.45) is 0. The highest BCUT2D eigenvalue weighted by molar-refractivity contribution is 6.30. The molecule has 0 aliphatic rings. The maximum absolute atomic E-state index is 13.6. The number of carbonyl (C=O) groups is 1. The van der Waals surface area contributed by atoms with E-state index in [-0.39, 0.29) is 0 Å². The van der Waals surface area contributed by atoms with Gasteiger partial charge >= 0.3 is 0 Å². The highest BCUT2D eigenvalue weighted by Gasteiger charge is 2.30. The standard InChI is InChI=1S/C16H13ClF3NO/c1-16(2,9-3-5-10(17)6-4-9)15(22)21-12-8-7-11(18)13(19)14(12)20/h3-8H,1-2H3,(H,21,22). The smallest absolute Gasteiger partial charge is 0.234 e. The van der Waals surface area contributed by atoms with Gasteiger partial charge in [-0.2, -0.15) is 0 Å². The van der Waals surface area contributed by atoms with Crippen molar-refractivity contribution in [3.8, 4) is 0 Å². The molecule has 0 radical (unpaired) electrons. The number of rotatable bonds is 3. The molecule has 0 aliphatic heterocycles. The zero-order valence-electron chi connectivity index (χ0n) is 11.9.